The summed E-state index contributed by atoms with van der Waals surface area (Å²) in [7, 11) is -1.01. The van der Waals surface area contributed by atoms with Crippen molar-refractivity contribution in [3.8, 4) is 0 Å². The SMILES string of the molecule is Cc1cc(C(=O)CSc2nnc(CC3CCS(=O)(=O)C3)n2C)c(C)n1C1CC1. The molecule has 3 heterocycles. The van der Waals surface area contributed by atoms with E-state index in [2.05, 4.69) is 21.7 Å². The van der Waals surface area contributed by atoms with Crippen molar-refractivity contribution in [2.45, 2.75) is 50.7 Å². The molecule has 1 saturated heterocycles. The van der Waals surface area contributed by atoms with Gasteiger partial charge < -0.3 is 9.13 Å². The fraction of sp³-hybridized carbons (Fsp3) is 0.632. The number of nitrogens with zero attached hydrogens (tertiary/aromatic N) is 4. The highest BCUT2D eigenvalue weighted by Crippen LogP contribution is 2.38. The van der Waals surface area contributed by atoms with E-state index >= 15 is 0 Å². The van der Waals surface area contributed by atoms with Crippen molar-refractivity contribution < 1.29 is 13.2 Å². The van der Waals surface area contributed by atoms with Gasteiger partial charge in [0.2, 0.25) is 0 Å². The maximum Gasteiger partial charge on any atom is 0.191 e. The number of ketones is 1. The van der Waals surface area contributed by atoms with Crippen LogP contribution in [0.5, 0.6) is 0 Å². The van der Waals surface area contributed by atoms with Crippen molar-refractivity contribution in [2.75, 3.05) is 17.3 Å². The second-order valence-corrected chi connectivity index (χ2v) is 11.2. The van der Waals surface area contributed by atoms with Crippen LogP contribution in [0.2, 0.25) is 0 Å². The summed E-state index contributed by atoms with van der Waals surface area (Å²) in [6.07, 6.45) is 3.69. The Hall–Kier alpha value is -1.61. The molecule has 0 bridgehead atoms. The molecule has 1 atom stereocenters. The molecule has 1 unspecified atom stereocenters. The molecule has 1 aliphatic carbocycles. The Labute approximate surface area is 169 Å². The quantitative estimate of drug-likeness (QED) is 0.503. The maximum atomic E-state index is 12.8. The van der Waals surface area contributed by atoms with E-state index in [4.69, 9.17) is 0 Å². The summed E-state index contributed by atoms with van der Waals surface area (Å²) >= 11 is 1.39. The first-order valence-electron chi connectivity index (χ1n) is 9.68. The van der Waals surface area contributed by atoms with Gasteiger partial charge in [-0.05, 0) is 45.1 Å². The minimum absolute atomic E-state index is 0.108. The Morgan fingerprint density at radius 1 is 1.25 bits per heavy atom. The summed E-state index contributed by atoms with van der Waals surface area (Å²) in [5.74, 6) is 1.82. The second-order valence-electron chi connectivity index (χ2n) is 8.03. The molecule has 2 aromatic heterocycles. The van der Waals surface area contributed by atoms with E-state index in [9.17, 15) is 13.2 Å². The summed E-state index contributed by atoms with van der Waals surface area (Å²) in [4.78, 5) is 12.8. The van der Waals surface area contributed by atoms with Crippen LogP contribution in [0.25, 0.3) is 0 Å². The molecule has 28 heavy (non-hydrogen) atoms. The number of carbonyl (C=O) groups is 1. The molecule has 152 valence electrons. The number of Topliss-reactive ketones (excluding diaryl/α,β-unsaturated/α-hetero) is 1. The largest absolute Gasteiger partial charge is 0.345 e. The van der Waals surface area contributed by atoms with Gasteiger partial charge in [-0.15, -0.1) is 10.2 Å². The van der Waals surface area contributed by atoms with Crippen LogP contribution in [0.3, 0.4) is 0 Å². The van der Waals surface area contributed by atoms with E-state index in [1.54, 1.807) is 0 Å². The highest BCUT2D eigenvalue weighted by atomic mass is 32.2. The monoisotopic (exact) mass is 422 g/mol. The van der Waals surface area contributed by atoms with Gasteiger partial charge in [-0.2, -0.15) is 0 Å². The zero-order valence-electron chi connectivity index (χ0n) is 16.5. The molecule has 9 heteroatoms. The maximum absolute atomic E-state index is 12.8. The van der Waals surface area contributed by atoms with Crippen LogP contribution in [-0.4, -0.2) is 50.8 Å². The molecule has 2 aromatic rings. The Morgan fingerprint density at radius 3 is 2.64 bits per heavy atom. The first-order valence-corrected chi connectivity index (χ1v) is 12.5. The number of carbonyl (C=O) groups excluding carboxylic acids is 1. The fourth-order valence-corrected chi connectivity index (χ4v) is 6.78. The number of aryl methyl sites for hydroxylation is 1. The smallest absolute Gasteiger partial charge is 0.191 e. The van der Waals surface area contributed by atoms with Gasteiger partial charge in [0, 0.05) is 36.5 Å². The van der Waals surface area contributed by atoms with E-state index < -0.39 is 9.84 Å². The fourth-order valence-electron chi connectivity index (χ4n) is 4.10. The summed E-state index contributed by atoms with van der Waals surface area (Å²) < 4.78 is 27.5. The molecule has 1 saturated carbocycles. The normalized spacial score (nSPS) is 21.3. The summed E-state index contributed by atoms with van der Waals surface area (Å²) in [6, 6.07) is 2.56. The van der Waals surface area contributed by atoms with Gasteiger partial charge in [0.1, 0.15) is 5.82 Å². The average Bonchev–Trinajstić information content (AvgIpc) is 3.23. The molecule has 2 aliphatic rings. The molecule has 0 N–H and O–H groups in total. The molecule has 7 nitrogen and oxygen atoms in total. The van der Waals surface area contributed by atoms with Crippen molar-refractivity contribution in [1.29, 1.82) is 0 Å². The lowest BCUT2D eigenvalue weighted by molar-refractivity contribution is 0.102. The first kappa shape index (κ1) is 19.7. The van der Waals surface area contributed by atoms with Crippen LogP contribution in [0.15, 0.2) is 11.2 Å². The zero-order valence-corrected chi connectivity index (χ0v) is 18.1. The molecule has 0 amide bonds. The van der Waals surface area contributed by atoms with Gasteiger partial charge in [0.15, 0.2) is 20.8 Å². The van der Waals surface area contributed by atoms with Gasteiger partial charge in [-0.1, -0.05) is 11.8 Å². The summed E-state index contributed by atoms with van der Waals surface area (Å²) in [6.45, 7) is 4.09. The lowest BCUT2D eigenvalue weighted by Crippen LogP contribution is -2.11. The zero-order chi connectivity index (χ0) is 20.1. The van der Waals surface area contributed by atoms with Crippen molar-refractivity contribution >= 4 is 27.4 Å². The minimum Gasteiger partial charge on any atom is -0.345 e. The molecular formula is C19H26N4O3S2. The number of rotatable bonds is 7. The number of hydrogen-bond donors (Lipinski definition) is 0. The van der Waals surface area contributed by atoms with Crippen LogP contribution in [-0.2, 0) is 23.3 Å². The Morgan fingerprint density at radius 2 is 2.00 bits per heavy atom. The third-order valence-corrected chi connectivity index (χ3v) is 8.61. The molecule has 4 rings (SSSR count). The Balaban J connectivity index is 1.40. The van der Waals surface area contributed by atoms with E-state index in [0.29, 0.717) is 29.8 Å². The molecule has 0 radical (unpaired) electrons. The minimum atomic E-state index is -2.89. The average molecular weight is 423 g/mol. The predicted octanol–water partition coefficient (Wildman–Crippen LogP) is 2.52. The standard InChI is InChI=1S/C19H26N4O3S2/c1-12-8-16(13(2)23(12)15-4-5-15)17(24)10-27-19-21-20-18(22(19)3)9-14-6-7-28(25,26)11-14/h8,14-15H,4-7,9-11H2,1-3H3. The predicted molar refractivity (Wildman–Crippen MR) is 109 cm³/mol. The number of hydrogen-bond acceptors (Lipinski definition) is 6. The van der Waals surface area contributed by atoms with Gasteiger partial charge in [-0.3, -0.25) is 4.79 Å². The van der Waals surface area contributed by atoms with E-state index in [1.807, 2.05) is 24.6 Å². The van der Waals surface area contributed by atoms with Crippen LogP contribution in [0.1, 0.15) is 52.9 Å². The summed E-state index contributed by atoms with van der Waals surface area (Å²) in [5, 5.41) is 9.13. The van der Waals surface area contributed by atoms with E-state index in [-0.39, 0.29) is 23.2 Å². The third kappa shape index (κ3) is 3.91. The number of aromatic nitrogens is 4. The second kappa shape index (κ2) is 7.33. The van der Waals surface area contributed by atoms with Crippen LogP contribution in [0, 0.1) is 19.8 Å². The number of sulfone groups is 1. The molecule has 1 aliphatic heterocycles. The summed E-state index contributed by atoms with van der Waals surface area (Å²) in [5.41, 5.74) is 3.02. The van der Waals surface area contributed by atoms with Crippen LogP contribution < -0.4 is 0 Å². The van der Waals surface area contributed by atoms with Gasteiger partial charge in [0.25, 0.3) is 0 Å². The van der Waals surface area contributed by atoms with Gasteiger partial charge in [-0.25, -0.2) is 8.42 Å². The first-order chi connectivity index (χ1) is 13.2. The Kier molecular flexibility index (Phi) is 5.16. The molecule has 2 fully saturated rings. The van der Waals surface area contributed by atoms with Crippen molar-refractivity contribution in [3.63, 3.8) is 0 Å². The van der Waals surface area contributed by atoms with Gasteiger partial charge >= 0.3 is 0 Å². The Bertz CT molecular complexity index is 1020. The van der Waals surface area contributed by atoms with Crippen LogP contribution in [0.4, 0.5) is 0 Å². The lowest BCUT2D eigenvalue weighted by atomic mass is 10.1. The highest BCUT2D eigenvalue weighted by molar-refractivity contribution is 7.99. The lowest BCUT2D eigenvalue weighted by Gasteiger charge is -2.08. The highest BCUT2D eigenvalue weighted by Gasteiger charge is 2.30. The van der Waals surface area contributed by atoms with E-state index in [1.165, 1.54) is 24.6 Å². The molecular weight excluding hydrogens is 396 g/mol. The molecule has 0 spiro atoms. The third-order valence-electron chi connectivity index (χ3n) is 5.75. The van der Waals surface area contributed by atoms with Crippen molar-refractivity contribution in [1.82, 2.24) is 19.3 Å². The van der Waals surface area contributed by atoms with E-state index in [0.717, 1.165) is 22.8 Å². The topological polar surface area (TPSA) is 86.9 Å². The molecule has 0 aromatic carbocycles. The van der Waals surface area contributed by atoms with Crippen molar-refractivity contribution in [3.05, 3.63) is 28.8 Å². The van der Waals surface area contributed by atoms with Gasteiger partial charge in [0.05, 0.1) is 17.3 Å². The number of thioether (sulfide) groups is 1. The van der Waals surface area contributed by atoms with Crippen LogP contribution >= 0.6 is 11.8 Å². The van der Waals surface area contributed by atoms with Crippen molar-refractivity contribution in [2.24, 2.45) is 13.0 Å².